The largest absolute Gasteiger partial charge is 0.481 e. The van der Waals surface area contributed by atoms with Gasteiger partial charge in [0.05, 0.1) is 0 Å². The van der Waals surface area contributed by atoms with E-state index in [2.05, 4.69) is 31.3 Å². The minimum atomic E-state index is -0.559. The van der Waals surface area contributed by atoms with Gasteiger partial charge in [0, 0.05) is 11.6 Å². The first-order valence-electron chi connectivity index (χ1n) is 8.16. The van der Waals surface area contributed by atoms with Crippen LogP contribution >= 0.6 is 11.6 Å². The molecule has 3 nitrogen and oxygen atoms in total. The van der Waals surface area contributed by atoms with Crippen LogP contribution in [0.5, 0.6) is 5.75 Å². The van der Waals surface area contributed by atoms with Gasteiger partial charge in [0.15, 0.2) is 6.10 Å². The molecular weight excluding hydrogens is 322 g/mol. The minimum absolute atomic E-state index is 0.138. The van der Waals surface area contributed by atoms with E-state index in [0.717, 1.165) is 22.4 Å². The van der Waals surface area contributed by atoms with Crippen molar-refractivity contribution in [1.29, 1.82) is 0 Å². The van der Waals surface area contributed by atoms with Crippen LogP contribution < -0.4 is 10.1 Å². The molecule has 1 unspecified atom stereocenters. The van der Waals surface area contributed by atoms with Crippen molar-refractivity contribution in [3.8, 4) is 5.75 Å². The summed E-state index contributed by atoms with van der Waals surface area (Å²) in [6.07, 6.45) is -0.559. The number of amides is 1. The standard InChI is InChI=1S/C20H24ClNO2/c1-13(2)18-10-5-14(3)11-19(18)24-15(4)20(23)22-12-16-6-8-17(21)9-7-16/h5-11,13,15H,12H2,1-4H3,(H,22,23). The molecule has 2 aromatic rings. The Morgan fingerprint density at radius 1 is 1.12 bits per heavy atom. The van der Waals surface area contributed by atoms with Gasteiger partial charge < -0.3 is 10.1 Å². The molecule has 0 spiro atoms. The summed E-state index contributed by atoms with van der Waals surface area (Å²) in [5, 5.41) is 3.58. The summed E-state index contributed by atoms with van der Waals surface area (Å²) in [5.74, 6) is 0.977. The number of hydrogen-bond donors (Lipinski definition) is 1. The van der Waals surface area contributed by atoms with E-state index >= 15 is 0 Å². The summed E-state index contributed by atoms with van der Waals surface area (Å²) < 4.78 is 5.92. The average Bonchev–Trinajstić information content (AvgIpc) is 2.53. The van der Waals surface area contributed by atoms with Gasteiger partial charge in [0.25, 0.3) is 5.91 Å². The number of halogens is 1. The van der Waals surface area contributed by atoms with E-state index in [1.54, 1.807) is 6.92 Å². The number of ether oxygens (including phenoxy) is 1. The number of carbonyl (C=O) groups excluding carboxylic acids is 1. The molecule has 0 saturated carbocycles. The number of carbonyl (C=O) groups is 1. The predicted octanol–water partition coefficient (Wildman–Crippen LogP) is 4.86. The molecule has 0 heterocycles. The van der Waals surface area contributed by atoms with Crippen molar-refractivity contribution in [3.05, 3.63) is 64.2 Å². The van der Waals surface area contributed by atoms with Crippen LogP contribution in [-0.2, 0) is 11.3 Å². The number of benzene rings is 2. The second-order valence-electron chi connectivity index (χ2n) is 6.30. The molecule has 0 aliphatic carbocycles. The van der Waals surface area contributed by atoms with Crippen molar-refractivity contribution in [2.45, 2.75) is 46.3 Å². The van der Waals surface area contributed by atoms with Crippen LogP contribution in [0.3, 0.4) is 0 Å². The predicted molar refractivity (Wildman–Crippen MR) is 98.7 cm³/mol. The zero-order valence-corrected chi connectivity index (χ0v) is 15.4. The fourth-order valence-corrected chi connectivity index (χ4v) is 2.53. The SMILES string of the molecule is Cc1ccc(C(C)C)c(OC(C)C(=O)NCc2ccc(Cl)cc2)c1. The number of nitrogens with one attached hydrogen (secondary N) is 1. The third-order valence-electron chi connectivity index (χ3n) is 3.84. The van der Waals surface area contributed by atoms with Gasteiger partial charge in [0.1, 0.15) is 5.75 Å². The first kappa shape index (κ1) is 18.3. The van der Waals surface area contributed by atoms with Crippen molar-refractivity contribution < 1.29 is 9.53 Å². The van der Waals surface area contributed by atoms with Gasteiger partial charge in [0.2, 0.25) is 0 Å². The second kappa shape index (κ2) is 8.20. The van der Waals surface area contributed by atoms with Crippen LogP contribution in [0.4, 0.5) is 0 Å². The maximum atomic E-state index is 12.3. The van der Waals surface area contributed by atoms with Gasteiger partial charge in [-0.1, -0.05) is 49.7 Å². The summed E-state index contributed by atoms with van der Waals surface area (Å²) in [6, 6.07) is 13.5. The molecule has 24 heavy (non-hydrogen) atoms. The normalized spacial score (nSPS) is 12.1. The maximum Gasteiger partial charge on any atom is 0.261 e. The summed E-state index contributed by atoms with van der Waals surface area (Å²) >= 11 is 5.86. The monoisotopic (exact) mass is 345 g/mol. The van der Waals surface area contributed by atoms with Gasteiger partial charge in [-0.15, -0.1) is 0 Å². The maximum absolute atomic E-state index is 12.3. The zero-order valence-electron chi connectivity index (χ0n) is 14.6. The molecule has 4 heteroatoms. The molecule has 0 aliphatic rings. The van der Waals surface area contributed by atoms with Gasteiger partial charge in [-0.2, -0.15) is 0 Å². The molecule has 1 amide bonds. The zero-order chi connectivity index (χ0) is 17.7. The highest BCUT2D eigenvalue weighted by molar-refractivity contribution is 6.30. The summed E-state index contributed by atoms with van der Waals surface area (Å²) in [5.41, 5.74) is 3.22. The lowest BCUT2D eigenvalue weighted by atomic mass is 10.0. The summed E-state index contributed by atoms with van der Waals surface area (Å²) in [6.45, 7) is 8.46. The molecule has 128 valence electrons. The lowest BCUT2D eigenvalue weighted by Crippen LogP contribution is -2.36. The van der Waals surface area contributed by atoms with Crippen LogP contribution in [0.1, 0.15) is 43.4 Å². The van der Waals surface area contributed by atoms with E-state index in [1.165, 1.54) is 0 Å². The van der Waals surface area contributed by atoms with Gasteiger partial charge >= 0.3 is 0 Å². The Hall–Kier alpha value is -2.00. The lowest BCUT2D eigenvalue weighted by molar-refractivity contribution is -0.127. The number of hydrogen-bond acceptors (Lipinski definition) is 2. The van der Waals surface area contributed by atoms with Crippen molar-refractivity contribution >= 4 is 17.5 Å². The molecule has 0 radical (unpaired) electrons. The van der Waals surface area contributed by atoms with Gasteiger partial charge in [-0.05, 0) is 54.7 Å². The molecule has 2 rings (SSSR count). The van der Waals surface area contributed by atoms with Crippen LogP contribution in [0, 0.1) is 6.92 Å². The summed E-state index contributed by atoms with van der Waals surface area (Å²) in [4.78, 5) is 12.3. The summed E-state index contributed by atoms with van der Waals surface area (Å²) in [7, 11) is 0. The van der Waals surface area contributed by atoms with Crippen LogP contribution in [0.15, 0.2) is 42.5 Å². The fourth-order valence-electron chi connectivity index (χ4n) is 2.40. The van der Waals surface area contributed by atoms with E-state index in [4.69, 9.17) is 16.3 Å². The molecule has 0 aromatic heterocycles. The smallest absolute Gasteiger partial charge is 0.261 e. The Morgan fingerprint density at radius 3 is 2.42 bits per heavy atom. The van der Waals surface area contributed by atoms with E-state index in [1.807, 2.05) is 37.3 Å². The number of rotatable bonds is 6. The third-order valence-corrected chi connectivity index (χ3v) is 4.10. The van der Waals surface area contributed by atoms with Crippen molar-refractivity contribution in [3.63, 3.8) is 0 Å². The Morgan fingerprint density at radius 2 is 1.79 bits per heavy atom. The highest BCUT2D eigenvalue weighted by Crippen LogP contribution is 2.28. The molecule has 1 N–H and O–H groups in total. The van der Waals surface area contributed by atoms with E-state index < -0.39 is 6.10 Å². The topological polar surface area (TPSA) is 38.3 Å². The van der Waals surface area contributed by atoms with E-state index in [9.17, 15) is 4.79 Å². The lowest BCUT2D eigenvalue weighted by Gasteiger charge is -2.19. The van der Waals surface area contributed by atoms with Crippen LogP contribution in [-0.4, -0.2) is 12.0 Å². The first-order chi connectivity index (χ1) is 11.4. The highest BCUT2D eigenvalue weighted by Gasteiger charge is 2.17. The van der Waals surface area contributed by atoms with E-state index in [0.29, 0.717) is 17.5 Å². The molecule has 0 fully saturated rings. The van der Waals surface area contributed by atoms with Crippen LogP contribution in [0.2, 0.25) is 5.02 Å². The first-order valence-corrected chi connectivity index (χ1v) is 8.54. The van der Waals surface area contributed by atoms with Crippen molar-refractivity contribution in [1.82, 2.24) is 5.32 Å². The molecule has 2 aromatic carbocycles. The van der Waals surface area contributed by atoms with Crippen LogP contribution in [0.25, 0.3) is 0 Å². The molecule has 1 atom stereocenters. The van der Waals surface area contributed by atoms with Crippen molar-refractivity contribution in [2.24, 2.45) is 0 Å². The molecule has 0 saturated heterocycles. The third kappa shape index (κ3) is 5.00. The fraction of sp³-hybridized carbons (Fsp3) is 0.350. The molecular formula is C20H24ClNO2. The van der Waals surface area contributed by atoms with Gasteiger partial charge in [-0.3, -0.25) is 4.79 Å². The average molecular weight is 346 g/mol. The minimum Gasteiger partial charge on any atom is -0.481 e. The van der Waals surface area contributed by atoms with Crippen molar-refractivity contribution in [2.75, 3.05) is 0 Å². The van der Waals surface area contributed by atoms with E-state index in [-0.39, 0.29) is 5.91 Å². The Bertz CT molecular complexity index is 695. The second-order valence-corrected chi connectivity index (χ2v) is 6.74. The molecule has 0 bridgehead atoms. The Kier molecular flexibility index (Phi) is 6.27. The highest BCUT2D eigenvalue weighted by atomic mass is 35.5. The number of aryl methyl sites for hydroxylation is 1. The quantitative estimate of drug-likeness (QED) is 0.812. The molecule has 0 aliphatic heterocycles. The Labute approximate surface area is 149 Å². The van der Waals surface area contributed by atoms with Gasteiger partial charge in [-0.25, -0.2) is 0 Å². The Balaban J connectivity index is 1.98.